The van der Waals surface area contributed by atoms with Crippen LogP contribution < -0.4 is 0 Å². The molecule has 0 aromatic carbocycles. The van der Waals surface area contributed by atoms with Crippen molar-refractivity contribution in [2.75, 3.05) is 0 Å². The first-order chi connectivity index (χ1) is 10.9. The van der Waals surface area contributed by atoms with Crippen molar-refractivity contribution in [3.05, 3.63) is 21.2 Å². The molecule has 4 aliphatic carbocycles. The van der Waals surface area contributed by atoms with E-state index in [1.165, 1.54) is 43.3 Å². The number of fused-ring (bicyclic) bond motifs is 5. The summed E-state index contributed by atoms with van der Waals surface area (Å²) in [4.78, 5) is 11.9. The maximum atomic E-state index is 11.9. The maximum Gasteiger partial charge on any atom is 0.174 e. The molecule has 23 heavy (non-hydrogen) atoms. The van der Waals surface area contributed by atoms with Crippen LogP contribution in [0.25, 0.3) is 0 Å². The lowest BCUT2D eigenvalue weighted by Crippen LogP contribution is -2.45. The number of carbonyl (C=O) groups is 1. The fourth-order valence-corrected chi connectivity index (χ4v) is 7.25. The fourth-order valence-electron chi connectivity index (χ4n) is 6.61. The first-order valence-electron chi connectivity index (χ1n) is 9.21. The van der Waals surface area contributed by atoms with Gasteiger partial charge in [-0.2, -0.15) is 0 Å². The molecule has 0 bridgehead atoms. The van der Waals surface area contributed by atoms with E-state index >= 15 is 0 Å². The van der Waals surface area contributed by atoms with Crippen LogP contribution in [0.15, 0.2) is 21.2 Å². The van der Waals surface area contributed by atoms with Gasteiger partial charge in [0, 0.05) is 11.5 Å². The highest BCUT2D eigenvalue weighted by Gasteiger charge is 2.55. The molecular weight excluding hydrogens is 327 g/mol. The standard InChI is InChI=1S/C20H26Cl2O/c1-11(21)16-6-7-17-14-3-4-15-12(5-8-18(23)19(15)22)13(14)9-10-20(16,17)2/h12-14,17H,3-10H2,1-2H3/t12-,13-,14-,17+,20-/m1/s1. The molecule has 3 saturated carbocycles. The van der Waals surface area contributed by atoms with Crippen molar-refractivity contribution >= 4 is 29.0 Å². The zero-order valence-corrected chi connectivity index (χ0v) is 15.6. The zero-order chi connectivity index (χ0) is 16.4. The van der Waals surface area contributed by atoms with Gasteiger partial charge in [-0.05, 0) is 92.1 Å². The highest BCUT2D eigenvalue weighted by atomic mass is 35.5. The number of rotatable bonds is 0. The quantitative estimate of drug-likeness (QED) is 0.506. The van der Waals surface area contributed by atoms with Gasteiger partial charge >= 0.3 is 0 Å². The maximum absolute atomic E-state index is 11.9. The summed E-state index contributed by atoms with van der Waals surface area (Å²) in [5.74, 6) is 3.08. The Morgan fingerprint density at radius 1 is 1.09 bits per heavy atom. The fraction of sp³-hybridized carbons (Fsp3) is 0.750. The van der Waals surface area contributed by atoms with Gasteiger partial charge in [-0.15, -0.1) is 0 Å². The molecule has 0 aliphatic heterocycles. The first-order valence-corrected chi connectivity index (χ1v) is 9.96. The highest BCUT2D eigenvalue weighted by Crippen LogP contribution is 2.64. The van der Waals surface area contributed by atoms with Crippen molar-refractivity contribution in [3.8, 4) is 0 Å². The summed E-state index contributed by atoms with van der Waals surface area (Å²) in [7, 11) is 0. The van der Waals surface area contributed by atoms with E-state index in [4.69, 9.17) is 23.2 Å². The van der Waals surface area contributed by atoms with Crippen molar-refractivity contribution in [1.29, 1.82) is 0 Å². The van der Waals surface area contributed by atoms with Crippen molar-refractivity contribution in [3.63, 3.8) is 0 Å². The van der Waals surface area contributed by atoms with E-state index in [0.29, 0.717) is 22.8 Å². The van der Waals surface area contributed by atoms with Crippen LogP contribution in [0, 0.1) is 29.1 Å². The van der Waals surface area contributed by atoms with Crippen LogP contribution in [-0.4, -0.2) is 5.78 Å². The second kappa shape index (κ2) is 5.63. The molecule has 0 aromatic heterocycles. The van der Waals surface area contributed by atoms with Crippen LogP contribution in [0.2, 0.25) is 0 Å². The lowest BCUT2D eigenvalue weighted by atomic mass is 9.52. The van der Waals surface area contributed by atoms with Gasteiger partial charge in [-0.3, -0.25) is 4.79 Å². The van der Waals surface area contributed by atoms with E-state index in [2.05, 4.69) is 13.8 Å². The van der Waals surface area contributed by atoms with Gasteiger partial charge in [0.05, 0.1) is 5.03 Å². The first kappa shape index (κ1) is 16.2. The molecule has 3 heteroatoms. The minimum Gasteiger partial charge on any atom is -0.293 e. The minimum atomic E-state index is 0.181. The molecule has 5 atom stereocenters. The Labute approximate surface area is 149 Å². The number of halogens is 2. The number of carbonyl (C=O) groups excluding carboxylic acids is 1. The Morgan fingerprint density at radius 2 is 1.87 bits per heavy atom. The summed E-state index contributed by atoms with van der Waals surface area (Å²) in [5, 5.41) is 1.63. The van der Waals surface area contributed by atoms with E-state index in [1.54, 1.807) is 0 Å². The van der Waals surface area contributed by atoms with Crippen LogP contribution in [0.4, 0.5) is 0 Å². The SMILES string of the molecule is CC(Cl)=C1CC[C@H]2[C@@H]3CCC4=C(Cl)C(=O)CC[C@@H]4[C@H]3CC[C@]12C. The number of hydrogen-bond acceptors (Lipinski definition) is 1. The third kappa shape index (κ3) is 2.29. The van der Waals surface area contributed by atoms with Crippen LogP contribution in [0.1, 0.15) is 65.2 Å². The Morgan fingerprint density at radius 3 is 2.61 bits per heavy atom. The smallest absolute Gasteiger partial charge is 0.174 e. The largest absolute Gasteiger partial charge is 0.293 e. The van der Waals surface area contributed by atoms with E-state index in [-0.39, 0.29) is 5.78 Å². The van der Waals surface area contributed by atoms with E-state index in [9.17, 15) is 4.79 Å². The number of ketones is 1. The van der Waals surface area contributed by atoms with Crippen molar-refractivity contribution in [1.82, 2.24) is 0 Å². The van der Waals surface area contributed by atoms with Crippen LogP contribution in [0.3, 0.4) is 0 Å². The minimum absolute atomic E-state index is 0.181. The van der Waals surface area contributed by atoms with Crippen molar-refractivity contribution < 1.29 is 4.79 Å². The van der Waals surface area contributed by atoms with Crippen LogP contribution >= 0.6 is 23.2 Å². The molecule has 0 radical (unpaired) electrons. The monoisotopic (exact) mass is 352 g/mol. The van der Waals surface area contributed by atoms with Gasteiger partial charge in [0.15, 0.2) is 5.78 Å². The molecule has 1 nitrogen and oxygen atoms in total. The van der Waals surface area contributed by atoms with E-state index in [1.807, 2.05) is 0 Å². The second-order valence-corrected chi connectivity index (χ2v) is 9.33. The van der Waals surface area contributed by atoms with Crippen molar-refractivity contribution in [2.45, 2.75) is 65.2 Å². The van der Waals surface area contributed by atoms with Gasteiger partial charge in [0.2, 0.25) is 0 Å². The summed E-state index contributed by atoms with van der Waals surface area (Å²) in [6.07, 6.45) is 8.97. The molecule has 4 rings (SSSR count). The molecule has 0 spiro atoms. The summed E-state index contributed by atoms with van der Waals surface area (Å²) in [6.45, 7) is 4.54. The summed E-state index contributed by atoms with van der Waals surface area (Å²) in [6, 6.07) is 0. The highest BCUT2D eigenvalue weighted by molar-refractivity contribution is 6.43. The predicted octanol–water partition coefficient (Wildman–Crippen LogP) is 6.21. The third-order valence-corrected chi connectivity index (χ3v) is 8.29. The van der Waals surface area contributed by atoms with E-state index < -0.39 is 0 Å². The molecule has 4 aliphatic rings. The van der Waals surface area contributed by atoms with Gasteiger partial charge in [0.25, 0.3) is 0 Å². The molecule has 0 amide bonds. The van der Waals surface area contributed by atoms with Gasteiger partial charge < -0.3 is 0 Å². The molecule has 126 valence electrons. The molecule has 3 fully saturated rings. The predicted molar refractivity (Wildman–Crippen MR) is 95.4 cm³/mol. The van der Waals surface area contributed by atoms with Crippen molar-refractivity contribution in [2.24, 2.45) is 29.1 Å². The molecule has 0 aromatic rings. The molecule has 0 N–H and O–H groups in total. The van der Waals surface area contributed by atoms with Crippen LogP contribution in [0.5, 0.6) is 0 Å². The van der Waals surface area contributed by atoms with E-state index in [0.717, 1.165) is 35.6 Å². The zero-order valence-electron chi connectivity index (χ0n) is 14.1. The topological polar surface area (TPSA) is 17.1 Å². The second-order valence-electron chi connectivity index (χ2n) is 8.39. The lowest BCUT2D eigenvalue weighted by molar-refractivity contribution is -0.116. The Bertz CT molecular complexity index is 613. The Kier molecular flexibility index (Phi) is 3.97. The summed E-state index contributed by atoms with van der Waals surface area (Å²) in [5.41, 5.74) is 3.15. The lowest BCUT2D eigenvalue weighted by Gasteiger charge is -2.53. The average molecular weight is 353 g/mol. The van der Waals surface area contributed by atoms with Crippen LogP contribution in [-0.2, 0) is 4.79 Å². The molecule has 0 saturated heterocycles. The summed E-state index contributed by atoms with van der Waals surface area (Å²) >= 11 is 12.8. The Balaban J connectivity index is 1.67. The normalized spacial score (nSPS) is 45.5. The molecular formula is C20H26Cl2O. The van der Waals surface area contributed by atoms with Gasteiger partial charge in [0.1, 0.15) is 0 Å². The number of allylic oxidation sites excluding steroid dienone is 3. The number of Topliss-reactive ketones (excluding diaryl/α,β-unsaturated/α-hetero) is 1. The molecule has 0 heterocycles. The average Bonchev–Trinajstić information content (AvgIpc) is 2.88. The third-order valence-electron chi connectivity index (χ3n) is 7.61. The Hall–Kier alpha value is -0.270. The number of hydrogen-bond donors (Lipinski definition) is 0. The molecule has 0 unspecified atom stereocenters. The van der Waals surface area contributed by atoms with Gasteiger partial charge in [-0.25, -0.2) is 0 Å². The van der Waals surface area contributed by atoms with Gasteiger partial charge in [-0.1, -0.05) is 30.1 Å². The summed E-state index contributed by atoms with van der Waals surface area (Å²) < 4.78 is 0.